The van der Waals surface area contributed by atoms with Crippen LogP contribution in [0, 0.1) is 40.2 Å². The fraction of sp³-hybridized carbons (Fsp3) is 0.382. The zero-order valence-electron chi connectivity index (χ0n) is 25.2. The Morgan fingerprint density at radius 2 is 2.02 bits per heavy atom. The number of nitrogen functional groups attached to an aromatic ring is 1. The highest BCUT2D eigenvalue weighted by Crippen LogP contribution is 2.68. The number of aromatic nitrogens is 3. The van der Waals surface area contributed by atoms with Crippen molar-refractivity contribution >= 4 is 17.0 Å². The maximum atomic E-state index is 16.1. The van der Waals surface area contributed by atoms with Crippen LogP contribution in [0.5, 0.6) is 0 Å². The van der Waals surface area contributed by atoms with E-state index in [0.29, 0.717) is 52.2 Å². The Labute approximate surface area is 260 Å². The maximum Gasteiger partial charge on any atom is 0.159 e. The molecule has 2 bridgehead atoms. The minimum absolute atomic E-state index is 0.0438. The summed E-state index contributed by atoms with van der Waals surface area (Å²) in [5.41, 5.74) is 12.8. The second-order valence-corrected chi connectivity index (χ2v) is 13.4. The van der Waals surface area contributed by atoms with Gasteiger partial charge in [0, 0.05) is 47.9 Å². The number of nitrogens with one attached hydrogen (secondary N) is 2. The number of rotatable bonds is 8. The number of hydrogen-bond donors (Lipinski definition) is 5. The number of nitrogens with zero attached hydrogens (tertiary/aromatic N) is 4. The predicted molar refractivity (Wildman–Crippen MR) is 169 cm³/mol. The van der Waals surface area contributed by atoms with Crippen molar-refractivity contribution in [2.45, 2.75) is 57.6 Å². The molecule has 45 heavy (non-hydrogen) atoms. The van der Waals surface area contributed by atoms with Crippen LogP contribution in [0.1, 0.15) is 50.8 Å². The third-order valence-electron chi connectivity index (χ3n) is 9.87. The quantitative estimate of drug-likeness (QED) is 0.103. The lowest BCUT2D eigenvalue weighted by Gasteiger charge is -2.64. The number of allylic oxidation sites excluding steroid dienone is 2. The molecule has 11 heteroatoms. The first-order valence-electron chi connectivity index (χ1n) is 15.3. The summed E-state index contributed by atoms with van der Waals surface area (Å²) in [5, 5.41) is 22.6. The van der Waals surface area contributed by atoms with E-state index in [9.17, 15) is 14.8 Å². The molecule has 3 aliphatic carbocycles. The zero-order chi connectivity index (χ0) is 31.7. The number of aliphatic hydroxyl groups is 1. The number of imidazole rings is 1. The van der Waals surface area contributed by atoms with Crippen molar-refractivity contribution in [1.29, 1.82) is 5.26 Å². The lowest BCUT2D eigenvalue weighted by molar-refractivity contribution is -0.0299. The van der Waals surface area contributed by atoms with Crippen molar-refractivity contribution < 1.29 is 13.9 Å². The van der Waals surface area contributed by atoms with Gasteiger partial charge in [-0.25, -0.2) is 13.8 Å². The molecule has 9 nitrogen and oxygen atoms in total. The van der Waals surface area contributed by atoms with Crippen LogP contribution in [0.25, 0.3) is 28.2 Å². The maximum absolute atomic E-state index is 16.1. The molecule has 0 amide bonds. The fourth-order valence-corrected chi connectivity index (χ4v) is 7.66. The Bertz CT molecular complexity index is 1900. The lowest BCUT2D eigenvalue weighted by atomic mass is 9.40. The first-order valence-corrected chi connectivity index (χ1v) is 15.3. The van der Waals surface area contributed by atoms with Gasteiger partial charge in [-0.15, -0.1) is 0 Å². The summed E-state index contributed by atoms with van der Waals surface area (Å²) in [7, 11) is 0. The zero-order valence-corrected chi connectivity index (χ0v) is 25.2. The van der Waals surface area contributed by atoms with Crippen molar-refractivity contribution in [2.75, 3.05) is 17.3 Å². The van der Waals surface area contributed by atoms with E-state index in [1.807, 2.05) is 10.5 Å². The Balaban J connectivity index is 1.37. The van der Waals surface area contributed by atoms with Gasteiger partial charge in [-0.2, -0.15) is 5.26 Å². The Morgan fingerprint density at radius 1 is 1.20 bits per heavy atom. The SMILES string of the molecule is CC(C)(O)CNc1cc(F)c(-c2c(-c3ccc(C#N)c(F)c3)nc3c(CC45C[C@@H]6C[C@H](N)CCC4=CC65)nccn23)cc1NN. The van der Waals surface area contributed by atoms with E-state index in [0.717, 1.165) is 31.4 Å². The monoisotopic (exact) mass is 610 g/mol. The summed E-state index contributed by atoms with van der Waals surface area (Å²) >= 11 is 0. The molecule has 3 aliphatic rings. The van der Waals surface area contributed by atoms with Crippen LogP contribution < -0.4 is 22.3 Å². The molecule has 2 unspecified atom stereocenters. The molecule has 0 radical (unpaired) electrons. The smallest absolute Gasteiger partial charge is 0.159 e. The van der Waals surface area contributed by atoms with Crippen LogP contribution in [0.15, 0.2) is 54.4 Å². The van der Waals surface area contributed by atoms with Gasteiger partial charge in [-0.3, -0.25) is 15.2 Å². The molecule has 4 aromatic rings. The second kappa shape index (κ2) is 10.6. The Hall–Kier alpha value is -4.37. The van der Waals surface area contributed by atoms with Gasteiger partial charge in [0.25, 0.3) is 0 Å². The molecule has 2 heterocycles. The Morgan fingerprint density at radius 3 is 2.73 bits per heavy atom. The number of halogens is 2. The van der Waals surface area contributed by atoms with Gasteiger partial charge in [-0.05, 0) is 75.6 Å². The highest BCUT2D eigenvalue weighted by molar-refractivity contribution is 5.86. The number of nitriles is 1. The highest BCUT2D eigenvalue weighted by atomic mass is 19.1. The van der Waals surface area contributed by atoms with Crippen molar-refractivity contribution in [3.8, 4) is 28.6 Å². The second-order valence-electron chi connectivity index (χ2n) is 13.4. The average Bonchev–Trinajstić information content (AvgIpc) is 3.37. The molecule has 2 aromatic carbocycles. The average molecular weight is 611 g/mol. The van der Waals surface area contributed by atoms with E-state index in [1.54, 1.807) is 38.4 Å². The minimum atomic E-state index is -1.04. The molecule has 2 aromatic heterocycles. The number of anilines is 2. The van der Waals surface area contributed by atoms with Crippen molar-refractivity contribution in [3.63, 3.8) is 0 Å². The number of hydrogen-bond acceptors (Lipinski definition) is 8. The number of nitrogens with two attached hydrogens (primary N) is 2. The molecule has 0 aliphatic heterocycles. The van der Waals surface area contributed by atoms with Crippen LogP contribution in [0.2, 0.25) is 0 Å². The summed E-state index contributed by atoms with van der Waals surface area (Å²) in [6.07, 6.45) is 10.6. The highest BCUT2D eigenvalue weighted by Gasteiger charge is 2.61. The molecule has 4 atom stereocenters. The van der Waals surface area contributed by atoms with Gasteiger partial charge in [-0.1, -0.05) is 17.7 Å². The third-order valence-corrected chi connectivity index (χ3v) is 9.87. The standard InChI is InChI=1S/C34H36F2N8O/c1-33(2,45)17-41-27-13-26(36)23(12-28(27)43-39)31-30(18-3-4-19(16-37)25(35)10-18)42-32-29(40-7-8-44(31)32)15-34-14-20-9-22(38)6-5-21(34)11-24(20)34/h3-4,7-8,10-13,20,22,24,41,43,45H,5-6,9,14-15,17,38-39H2,1-2H3/t20-,22+,24?,34?/m0/s1. The normalized spacial score (nSPS) is 23.7. The van der Waals surface area contributed by atoms with Crippen LogP contribution in [0.4, 0.5) is 20.2 Å². The van der Waals surface area contributed by atoms with E-state index in [-0.39, 0.29) is 29.1 Å². The number of hydrazine groups is 1. The lowest BCUT2D eigenvalue weighted by Crippen LogP contribution is -2.58. The molecule has 2 saturated carbocycles. The molecule has 7 N–H and O–H groups in total. The van der Waals surface area contributed by atoms with Gasteiger partial charge in [0.2, 0.25) is 0 Å². The summed E-state index contributed by atoms with van der Waals surface area (Å²) in [4.78, 5) is 9.78. The summed E-state index contributed by atoms with van der Waals surface area (Å²) in [6.45, 7) is 3.44. The van der Waals surface area contributed by atoms with E-state index in [4.69, 9.17) is 21.5 Å². The van der Waals surface area contributed by atoms with Gasteiger partial charge >= 0.3 is 0 Å². The van der Waals surface area contributed by atoms with Gasteiger partial charge in [0.05, 0.1) is 39.6 Å². The van der Waals surface area contributed by atoms with Crippen molar-refractivity contribution in [3.05, 3.63) is 77.3 Å². The Kier molecular flexibility index (Phi) is 6.92. The first-order chi connectivity index (χ1) is 21.5. The summed E-state index contributed by atoms with van der Waals surface area (Å²) in [6, 6.07) is 9.25. The van der Waals surface area contributed by atoms with Crippen LogP contribution in [-0.4, -0.2) is 37.7 Å². The number of fused-ring (bicyclic) bond motifs is 3. The molecule has 232 valence electrons. The first kappa shape index (κ1) is 29.3. The molecule has 0 spiro atoms. The summed E-state index contributed by atoms with van der Waals surface area (Å²) < 4.78 is 32.9. The third kappa shape index (κ3) is 4.84. The predicted octanol–water partition coefficient (Wildman–Crippen LogP) is 5.30. The molecule has 2 fully saturated rings. The minimum Gasteiger partial charge on any atom is -0.389 e. The summed E-state index contributed by atoms with van der Waals surface area (Å²) in [5.74, 6) is 5.67. The largest absolute Gasteiger partial charge is 0.389 e. The molecule has 0 saturated heterocycles. The van der Waals surface area contributed by atoms with Gasteiger partial charge in [0.1, 0.15) is 17.7 Å². The van der Waals surface area contributed by atoms with Crippen LogP contribution in [-0.2, 0) is 6.42 Å². The number of benzene rings is 2. The van der Waals surface area contributed by atoms with Crippen molar-refractivity contribution in [1.82, 2.24) is 14.4 Å². The van der Waals surface area contributed by atoms with E-state index in [2.05, 4.69) is 16.8 Å². The van der Waals surface area contributed by atoms with Gasteiger partial charge in [0.15, 0.2) is 5.65 Å². The fourth-order valence-electron chi connectivity index (χ4n) is 7.66. The molecular formula is C34H36F2N8O. The van der Waals surface area contributed by atoms with E-state index < -0.39 is 17.2 Å². The van der Waals surface area contributed by atoms with Gasteiger partial charge < -0.3 is 21.6 Å². The van der Waals surface area contributed by atoms with Crippen molar-refractivity contribution in [2.24, 2.45) is 28.8 Å². The van der Waals surface area contributed by atoms with Crippen LogP contribution in [0.3, 0.4) is 0 Å². The molecular weight excluding hydrogens is 574 g/mol. The molecule has 7 rings (SSSR count). The topological polar surface area (TPSA) is 150 Å². The van der Waals surface area contributed by atoms with E-state index in [1.165, 1.54) is 23.8 Å². The van der Waals surface area contributed by atoms with E-state index >= 15 is 4.39 Å². The van der Waals surface area contributed by atoms with Crippen LogP contribution >= 0.6 is 0 Å².